The highest BCUT2D eigenvalue weighted by Gasteiger charge is 2.14. The Morgan fingerprint density at radius 3 is 2.52 bits per heavy atom. The molecule has 0 atom stereocenters. The fraction of sp³-hybridized carbons (Fsp3) is 0.294. The fourth-order valence-electron chi connectivity index (χ4n) is 2.31. The predicted molar refractivity (Wildman–Crippen MR) is 87.7 cm³/mol. The summed E-state index contributed by atoms with van der Waals surface area (Å²) < 4.78 is 13.5. The van der Waals surface area contributed by atoms with Crippen molar-refractivity contribution in [3.63, 3.8) is 0 Å². The van der Waals surface area contributed by atoms with Gasteiger partial charge in [0.25, 0.3) is 0 Å². The third kappa shape index (κ3) is 3.06. The molecule has 0 radical (unpaired) electrons. The Balaban J connectivity index is 2.50. The fourth-order valence-corrected chi connectivity index (χ4v) is 2.31. The van der Waals surface area contributed by atoms with Gasteiger partial charge in [0.2, 0.25) is 5.75 Å². The highest BCUT2D eigenvalue weighted by atomic mass is 16.5. The van der Waals surface area contributed by atoms with Gasteiger partial charge in [-0.2, -0.15) is 13.9 Å². The third-order valence-electron chi connectivity index (χ3n) is 3.83. The van der Waals surface area contributed by atoms with Crippen LogP contribution in [0.5, 0.6) is 17.2 Å². The molecule has 1 aromatic heterocycles. The summed E-state index contributed by atoms with van der Waals surface area (Å²) in [5.41, 5.74) is 2.19. The summed E-state index contributed by atoms with van der Waals surface area (Å²) in [5, 5.41) is 10.1. The maximum Gasteiger partial charge on any atom is 0.498 e. The quantitative estimate of drug-likeness (QED) is 0.866. The van der Waals surface area contributed by atoms with Crippen LogP contribution < -0.4 is 19.7 Å². The second kappa shape index (κ2) is 6.56. The Bertz CT molecular complexity index is 822. The van der Waals surface area contributed by atoms with Gasteiger partial charge in [-0.1, -0.05) is 0 Å². The van der Waals surface area contributed by atoms with Crippen LogP contribution in [0.25, 0.3) is 12.2 Å². The molecule has 0 aliphatic carbocycles. The van der Waals surface area contributed by atoms with Gasteiger partial charge in [-0.3, -0.25) is 0 Å². The Morgan fingerprint density at radius 1 is 1.22 bits per heavy atom. The largest absolute Gasteiger partial charge is 0.502 e. The lowest BCUT2D eigenvalue weighted by Gasteiger charge is -2.10. The van der Waals surface area contributed by atoms with Crippen LogP contribution >= 0.6 is 0 Å². The molecular formula is C17H21N2O4+. The molecule has 0 saturated carbocycles. The molecule has 122 valence electrons. The van der Waals surface area contributed by atoms with E-state index in [1.165, 1.54) is 14.2 Å². The highest BCUT2D eigenvalue weighted by molar-refractivity contribution is 5.74. The van der Waals surface area contributed by atoms with E-state index < -0.39 is 0 Å². The number of nitrogens with zero attached hydrogens (tertiary/aromatic N) is 2. The van der Waals surface area contributed by atoms with Crippen LogP contribution in [0.15, 0.2) is 23.0 Å². The summed E-state index contributed by atoms with van der Waals surface area (Å²) in [6, 6.07) is 5.35. The van der Waals surface area contributed by atoms with Gasteiger partial charge in [0.15, 0.2) is 11.5 Å². The summed E-state index contributed by atoms with van der Waals surface area (Å²) in [6.07, 6.45) is 3.59. The smallest absolute Gasteiger partial charge is 0.498 e. The molecule has 0 aliphatic rings. The molecule has 0 aliphatic heterocycles. The number of methoxy groups -OCH3 is 2. The first-order valence-electron chi connectivity index (χ1n) is 7.09. The number of aromatic nitrogens is 2. The number of aryl methyl sites for hydroxylation is 1. The van der Waals surface area contributed by atoms with E-state index >= 15 is 0 Å². The number of hydrogen-bond donors (Lipinski definition) is 1. The molecule has 1 aromatic carbocycles. The van der Waals surface area contributed by atoms with Crippen LogP contribution in [-0.2, 0) is 14.1 Å². The van der Waals surface area contributed by atoms with Gasteiger partial charge in [-0.15, -0.1) is 0 Å². The van der Waals surface area contributed by atoms with Crippen molar-refractivity contribution < 1.29 is 19.1 Å². The molecule has 0 saturated heterocycles. The summed E-state index contributed by atoms with van der Waals surface area (Å²) >= 11 is 0. The first-order valence-corrected chi connectivity index (χ1v) is 7.09. The lowest BCUT2D eigenvalue weighted by Crippen LogP contribution is -2.53. The normalized spacial score (nSPS) is 11.0. The number of phenolic OH excluding ortho intramolecular Hbond substituents is 1. The summed E-state index contributed by atoms with van der Waals surface area (Å²) in [6.45, 7) is 1.87. The van der Waals surface area contributed by atoms with Crippen molar-refractivity contribution in [3.8, 4) is 17.2 Å². The van der Waals surface area contributed by atoms with Crippen molar-refractivity contribution in [1.29, 1.82) is 0 Å². The van der Waals surface area contributed by atoms with Crippen LogP contribution in [-0.4, -0.2) is 23.9 Å². The Labute approximate surface area is 134 Å². The monoisotopic (exact) mass is 317 g/mol. The van der Waals surface area contributed by atoms with E-state index in [0.29, 0.717) is 17.1 Å². The Morgan fingerprint density at radius 2 is 1.91 bits per heavy atom. The molecule has 0 spiro atoms. The van der Waals surface area contributed by atoms with E-state index in [0.717, 1.165) is 11.4 Å². The van der Waals surface area contributed by atoms with Gasteiger partial charge in [-0.25, -0.2) is 0 Å². The van der Waals surface area contributed by atoms with Crippen molar-refractivity contribution in [1.82, 2.24) is 4.57 Å². The molecular weight excluding hydrogens is 296 g/mol. The van der Waals surface area contributed by atoms with Crippen molar-refractivity contribution in [3.05, 3.63) is 45.6 Å². The molecule has 1 heterocycles. The molecule has 0 bridgehead atoms. The second-order valence-electron chi connectivity index (χ2n) is 5.18. The minimum absolute atomic E-state index is 0.0540. The van der Waals surface area contributed by atoms with Gasteiger partial charge in [0.1, 0.15) is 11.4 Å². The SMILES string of the molecule is COc1ccc(C=Cc2cc(C)n(C)c(=O)[n+]2C)c(OC)c1O. The minimum atomic E-state index is -0.103. The molecule has 6 heteroatoms. The lowest BCUT2D eigenvalue weighted by molar-refractivity contribution is -0.692. The average Bonchev–Trinajstić information content (AvgIpc) is 2.55. The van der Waals surface area contributed by atoms with E-state index in [1.807, 2.05) is 13.0 Å². The van der Waals surface area contributed by atoms with Crippen LogP contribution in [0.1, 0.15) is 17.0 Å². The van der Waals surface area contributed by atoms with Gasteiger partial charge in [-0.05, 0) is 31.2 Å². The molecule has 6 nitrogen and oxygen atoms in total. The average molecular weight is 317 g/mol. The number of benzene rings is 1. The minimum Gasteiger partial charge on any atom is -0.502 e. The van der Waals surface area contributed by atoms with Crippen molar-refractivity contribution >= 4 is 12.2 Å². The number of phenols is 1. The maximum atomic E-state index is 12.1. The zero-order valence-corrected chi connectivity index (χ0v) is 14.0. The molecule has 1 N–H and O–H groups in total. The number of ether oxygens (including phenoxy) is 2. The van der Waals surface area contributed by atoms with Crippen molar-refractivity contribution in [2.45, 2.75) is 6.92 Å². The van der Waals surface area contributed by atoms with Gasteiger partial charge in [0.05, 0.1) is 28.3 Å². The van der Waals surface area contributed by atoms with Gasteiger partial charge >= 0.3 is 5.69 Å². The van der Waals surface area contributed by atoms with Crippen LogP contribution in [0.4, 0.5) is 0 Å². The summed E-state index contributed by atoms with van der Waals surface area (Å²) in [7, 11) is 6.40. The number of hydrogen-bond acceptors (Lipinski definition) is 4. The number of rotatable bonds is 4. The zero-order chi connectivity index (χ0) is 17.1. The summed E-state index contributed by atoms with van der Waals surface area (Å²) in [5.74, 6) is 0.611. The van der Waals surface area contributed by atoms with Crippen LogP contribution in [0.3, 0.4) is 0 Å². The van der Waals surface area contributed by atoms with E-state index in [-0.39, 0.29) is 11.4 Å². The van der Waals surface area contributed by atoms with Crippen LogP contribution in [0, 0.1) is 6.92 Å². The topological polar surface area (TPSA) is 64.6 Å². The van der Waals surface area contributed by atoms with Gasteiger partial charge < -0.3 is 14.6 Å². The number of aromatic hydroxyl groups is 1. The Kier molecular flexibility index (Phi) is 4.74. The molecule has 0 fully saturated rings. The molecule has 2 rings (SSSR count). The molecule has 0 amide bonds. The zero-order valence-electron chi connectivity index (χ0n) is 14.0. The summed E-state index contributed by atoms with van der Waals surface area (Å²) in [4.78, 5) is 12.1. The Hall–Kier alpha value is -2.76. The van der Waals surface area contributed by atoms with Crippen LogP contribution in [0.2, 0.25) is 0 Å². The molecule has 0 unspecified atom stereocenters. The standard InChI is InChI=1S/C17H20N2O4/c1-11-10-13(19(3)17(21)18(11)2)8-6-12-7-9-14(22-4)15(20)16(12)23-5/h6-10H,1-5H3/p+1. The van der Waals surface area contributed by atoms with E-state index in [9.17, 15) is 9.90 Å². The van der Waals surface area contributed by atoms with E-state index in [2.05, 4.69) is 0 Å². The third-order valence-corrected chi connectivity index (χ3v) is 3.83. The van der Waals surface area contributed by atoms with E-state index in [1.54, 1.807) is 47.5 Å². The molecule has 2 aromatic rings. The second-order valence-corrected chi connectivity index (χ2v) is 5.18. The molecule has 23 heavy (non-hydrogen) atoms. The maximum absolute atomic E-state index is 12.1. The highest BCUT2D eigenvalue weighted by Crippen LogP contribution is 2.39. The van der Waals surface area contributed by atoms with Gasteiger partial charge in [0, 0.05) is 11.6 Å². The first kappa shape index (κ1) is 16.6. The first-order chi connectivity index (χ1) is 10.9. The lowest BCUT2D eigenvalue weighted by atomic mass is 10.1. The van der Waals surface area contributed by atoms with E-state index in [4.69, 9.17) is 9.47 Å². The van der Waals surface area contributed by atoms with Crippen molar-refractivity contribution in [2.24, 2.45) is 14.1 Å². The van der Waals surface area contributed by atoms with Crippen molar-refractivity contribution in [2.75, 3.05) is 14.2 Å². The predicted octanol–water partition coefficient (Wildman–Crippen LogP) is 1.41.